The summed E-state index contributed by atoms with van der Waals surface area (Å²) >= 11 is 12.4. The number of benzene rings is 1. The third-order valence-electron chi connectivity index (χ3n) is 3.30. The normalized spacial score (nSPS) is 12.7. The van der Waals surface area contributed by atoms with Gasteiger partial charge in [0.15, 0.2) is 0 Å². The molecule has 1 aromatic heterocycles. The van der Waals surface area contributed by atoms with Crippen LogP contribution in [0.25, 0.3) is 0 Å². The molecule has 0 aliphatic carbocycles. The number of nitrogens with two attached hydrogens (primary N) is 1. The second kappa shape index (κ2) is 5.53. The predicted molar refractivity (Wildman–Crippen MR) is 79.8 cm³/mol. The molecule has 19 heavy (non-hydrogen) atoms. The summed E-state index contributed by atoms with van der Waals surface area (Å²) < 4.78 is 1.79. The smallest absolute Gasteiger partial charge is 0.0847 e. The summed E-state index contributed by atoms with van der Waals surface area (Å²) in [4.78, 5) is 0. The minimum Gasteiger partial charge on any atom is -0.324 e. The van der Waals surface area contributed by atoms with Gasteiger partial charge in [-0.1, -0.05) is 35.3 Å². The summed E-state index contributed by atoms with van der Waals surface area (Å²) in [7, 11) is 1.88. The predicted octanol–water partition coefficient (Wildman–Crippen LogP) is 3.59. The molecule has 1 unspecified atom stereocenters. The Bertz CT molecular complexity index is 605. The molecule has 0 saturated carbocycles. The highest BCUT2D eigenvalue weighted by Crippen LogP contribution is 2.26. The van der Waals surface area contributed by atoms with Crippen LogP contribution in [-0.4, -0.2) is 9.78 Å². The summed E-state index contributed by atoms with van der Waals surface area (Å²) in [6.07, 6.45) is 0.634. The van der Waals surface area contributed by atoms with Crippen LogP contribution in [0.1, 0.15) is 28.6 Å². The van der Waals surface area contributed by atoms with Crippen molar-refractivity contribution >= 4 is 23.2 Å². The molecule has 1 atom stereocenters. The monoisotopic (exact) mass is 297 g/mol. The van der Waals surface area contributed by atoms with Gasteiger partial charge in [0.1, 0.15) is 0 Å². The molecule has 5 heteroatoms. The van der Waals surface area contributed by atoms with E-state index in [4.69, 9.17) is 28.9 Å². The molecule has 2 N–H and O–H groups in total. The molecule has 0 fully saturated rings. The number of hydrogen-bond donors (Lipinski definition) is 1. The molecule has 2 rings (SSSR count). The fraction of sp³-hybridized carbons (Fsp3) is 0.357. The van der Waals surface area contributed by atoms with Crippen LogP contribution in [0.3, 0.4) is 0 Å². The molecule has 0 saturated heterocycles. The van der Waals surface area contributed by atoms with Gasteiger partial charge in [-0.2, -0.15) is 5.10 Å². The maximum Gasteiger partial charge on any atom is 0.0847 e. The van der Waals surface area contributed by atoms with E-state index in [1.807, 2.05) is 39.1 Å². The molecule has 0 radical (unpaired) electrons. The van der Waals surface area contributed by atoms with Crippen LogP contribution in [-0.2, 0) is 13.5 Å². The lowest BCUT2D eigenvalue weighted by Crippen LogP contribution is -2.15. The Kier molecular flexibility index (Phi) is 4.19. The van der Waals surface area contributed by atoms with E-state index in [2.05, 4.69) is 5.10 Å². The number of nitrogens with zero attached hydrogens (tertiary/aromatic N) is 2. The third-order valence-corrected chi connectivity index (χ3v) is 4.20. The van der Waals surface area contributed by atoms with E-state index in [0.717, 1.165) is 27.5 Å². The average molecular weight is 298 g/mol. The van der Waals surface area contributed by atoms with Gasteiger partial charge in [-0.25, -0.2) is 0 Å². The second-order valence-corrected chi connectivity index (χ2v) is 5.57. The van der Waals surface area contributed by atoms with Gasteiger partial charge in [0.05, 0.1) is 16.4 Å². The zero-order valence-corrected chi connectivity index (χ0v) is 12.8. The maximum absolute atomic E-state index is 6.24. The zero-order chi connectivity index (χ0) is 14.2. The Balaban J connectivity index is 2.25. The van der Waals surface area contributed by atoms with Crippen molar-refractivity contribution in [2.24, 2.45) is 12.8 Å². The summed E-state index contributed by atoms with van der Waals surface area (Å²) in [5.41, 5.74) is 10.1. The summed E-state index contributed by atoms with van der Waals surface area (Å²) in [6, 6.07) is 5.75. The first-order valence-corrected chi connectivity index (χ1v) is 6.85. The van der Waals surface area contributed by atoms with Gasteiger partial charge in [-0.3, -0.25) is 4.68 Å². The summed E-state index contributed by atoms with van der Waals surface area (Å²) in [6.45, 7) is 3.86. The molecule has 0 aliphatic heterocycles. The van der Waals surface area contributed by atoms with Gasteiger partial charge < -0.3 is 5.73 Å². The average Bonchev–Trinajstić information content (AvgIpc) is 2.59. The van der Waals surface area contributed by atoms with Gasteiger partial charge in [-0.15, -0.1) is 0 Å². The van der Waals surface area contributed by atoms with Crippen LogP contribution in [0, 0.1) is 13.8 Å². The van der Waals surface area contributed by atoms with Crippen LogP contribution in [0.15, 0.2) is 18.2 Å². The van der Waals surface area contributed by atoms with E-state index in [1.165, 1.54) is 0 Å². The van der Waals surface area contributed by atoms with E-state index in [9.17, 15) is 0 Å². The quantitative estimate of drug-likeness (QED) is 0.941. The fourth-order valence-electron chi connectivity index (χ4n) is 2.07. The molecular formula is C14H17Cl2N3. The number of aryl methyl sites for hydroxylation is 3. The molecule has 2 aromatic rings. The van der Waals surface area contributed by atoms with Crippen molar-refractivity contribution in [3.8, 4) is 0 Å². The van der Waals surface area contributed by atoms with Gasteiger partial charge >= 0.3 is 0 Å². The van der Waals surface area contributed by atoms with Gasteiger partial charge in [-0.05, 0) is 31.0 Å². The van der Waals surface area contributed by atoms with Crippen LogP contribution in [0.2, 0.25) is 10.0 Å². The lowest BCUT2D eigenvalue weighted by atomic mass is 10.0. The standard InChI is InChI=1S/C14H17Cl2N3/c1-8-4-5-10(6-11(8)15)12(17)7-13-14(16)9(2)18-19(13)3/h4-6,12H,7,17H2,1-3H3. The van der Waals surface area contributed by atoms with Crippen LogP contribution < -0.4 is 5.73 Å². The Morgan fingerprint density at radius 1 is 1.32 bits per heavy atom. The van der Waals surface area contributed by atoms with Crippen LogP contribution in [0.5, 0.6) is 0 Å². The molecule has 0 bridgehead atoms. The fourth-order valence-corrected chi connectivity index (χ4v) is 2.49. The number of hydrogen-bond acceptors (Lipinski definition) is 2. The Morgan fingerprint density at radius 3 is 2.53 bits per heavy atom. The summed E-state index contributed by atoms with van der Waals surface area (Å²) in [5, 5.41) is 5.72. The Hall–Kier alpha value is -1.03. The summed E-state index contributed by atoms with van der Waals surface area (Å²) in [5.74, 6) is 0. The van der Waals surface area contributed by atoms with E-state index in [1.54, 1.807) is 4.68 Å². The van der Waals surface area contributed by atoms with Crippen molar-refractivity contribution in [2.75, 3.05) is 0 Å². The van der Waals surface area contributed by atoms with Crippen molar-refractivity contribution in [3.05, 3.63) is 50.8 Å². The van der Waals surface area contributed by atoms with Crippen LogP contribution in [0.4, 0.5) is 0 Å². The molecule has 3 nitrogen and oxygen atoms in total. The number of aromatic nitrogens is 2. The van der Waals surface area contributed by atoms with E-state index in [0.29, 0.717) is 11.4 Å². The maximum atomic E-state index is 6.24. The minimum atomic E-state index is -0.148. The third kappa shape index (κ3) is 2.94. The van der Waals surface area contributed by atoms with E-state index >= 15 is 0 Å². The minimum absolute atomic E-state index is 0.148. The highest BCUT2D eigenvalue weighted by Gasteiger charge is 2.16. The number of rotatable bonds is 3. The van der Waals surface area contributed by atoms with Gasteiger partial charge in [0.2, 0.25) is 0 Å². The van der Waals surface area contributed by atoms with Gasteiger partial charge in [0, 0.05) is 24.5 Å². The van der Waals surface area contributed by atoms with Gasteiger partial charge in [0.25, 0.3) is 0 Å². The van der Waals surface area contributed by atoms with Crippen molar-refractivity contribution in [2.45, 2.75) is 26.3 Å². The first-order valence-electron chi connectivity index (χ1n) is 6.09. The van der Waals surface area contributed by atoms with Crippen molar-refractivity contribution in [3.63, 3.8) is 0 Å². The van der Waals surface area contributed by atoms with Crippen LogP contribution >= 0.6 is 23.2 Å². The Labute approximate surface area is 123 Å². The van der Waals surface area contributed by atoms with E-state index in [-0.39, 0.29) is 6.04 Å². The number of halogens is 2. The largest absolute Gasteiger partial charge is 0.324 e. The molecule has 1 heterocycles. The zero-order valence-electron chi connectivity index (χ0n) is 11.2. The van der Waals surface area contributed by atoms with Crippen molar-refractivity contribution < 1.29 is 0 Å². The molecule has 0 spiro atoms. The highest BCUT2D eigenvalue weighted by molar-refractivity contribution is 6.32. The highest BCUT2D eigenvalue weighted by atomic mass is 35.5. The first-order chi connectivity index (χ1) is 8.90. The lowest BCUT2D eigenvalue weighted by Gasteiger charge is -2.13. The second-order valence-electron chi connectivity index (χ2n) is 4.79. The molecule has 0 aliphatic rings. The molecule has 102 valence electrons. The topological polar surface area (TPSA) is 43.8 Å². The van der Waals surface area contributed by atoms with Crippen molar-refractivity contribution in [1.29, 1.82) is 0 Å². The SMILES string of the molecule is Cc1ccc(C(N)Cc2c(Cl)c(C)nn2C)cc1Cl. The molecular weight excluding hydrogens is 281 g/mol. The molecule has 0 amide bonds. The van der Waals surface area contributed by atoms with E-state index < -0.39 is 0 Å². The Morgan fingerprint density at radius 2 is 2.00 bits per heavy atom. The first kappa shape index (κ1) is 14.4. The molecule has 1 aromatic carbocycles. The lowest BCUT2D eigenvalue weighted by molar-refractivity contribution is 0.640. The van der Waals surface area contributed by atoms with Crippen molar-refractivity contribution in [1.82, 2.24) is 9.78 Å².